The molecule has 4 nitrogen and oxygen atoms in total. The molecule has 1 aromatic carbocycles. The van der Waals surface area contributed by atoms with Crippen molar-refractivity contribution < 1.29 is 13.5 Å². The molecule has 20 heavy (non-hydrogen) atoms. The Kier molecular flexibility index (Phi) is 7.15. The number of hydrogen-bond donors (Lipinski definition) is 2. The third kappa shape index (κ3) is 5.16. The third-order valence-electron chi connectivity index (χ3n) is 3.24. The van der Waals surface area contributed by atoms with E-state index in [-0.39, 0.29) is 17.4 Å². The molecule has 0 aliphatic heterocycles. The average molecular weight is 364 g/mol. The molecule has 1 rings (SSSR count). The molecule has 0 saturated carbocycles. The molecule has 0 spiro atoms. The highest BCUT2D eigenvalue weighted by Crippen LogP contribution is 2.20. The molecular formula is C14H22BrNO3S. The standard InChI is InChI=1S/C14H22BrNO3S/c1-3-4-12(7-8-17)10-16-20(18,19)13-5-6-14(15)11(2)9-13/h5-6,9,12,16-17H,3-4,7-8,10H2,1-2H3. The van der Waals surface area contributed by atoms with Gasteiger partial charge in [-0.2, -0.15) is 0 Å². The first kappa shape index (κ1) is 17.6. The first-order valence-electron chi connectivity index (χ1n) is 6.77. The van der Waals surface area contributed by atoms with E-state index in [0.717, 1.165) is 22.9 Å². The Morgan fingerprint density at radius 2 is 2.05 bits per heavy atom. The molecule has 0 aliphatic rings. The van der Waals surface area contributed by atoms with E-state index in [0.29, 0.717) is 13.0 Å². The topological polar surface area (TPSA) is 66.4 Å². The highest BCUT2D eigenvalue weighted by Gasteiger charge is 2.17. The zero-order valence-corrected chi connectivity index (χ0v) is 14.3. The fourth-order valence-corrected chi connectivity index (χ4v) is 3.48. The van der Waals surface area contributed by atoms with E-state index in [1.807, 2.05) is 6.92 Å². The number of aryl methyl sites for hydroxylation is 1. The minimum Gasteiger partial charge on any atom is -0.396 e. The van der Waals surface area contributed by atoms with Crippen molar-refractivity contribution in [2.24, 2.45) is 5.92 Å². The Labute approximate surface area is 129 Å². The quantitative estimate of drug-likeness (QED) is 0.746. The van der Waals surface area contributed by atoms with E-state index in [4.69, 9.17) is 5.11 Å². The molecule has 2 N–H and O–H groups in total. The molecule has 1 unspecified atom stereocenters. The van der Waals surface area contributed by atoms with Crippen molar-refractivity contribution in [1.82, 2.24) is 4.72 Å². The summed E-state index contributed by atoms with van der Waals surface area (Å²) in [7, 11) is -3.48. The Bertz CT molecular complexity index is 525. The van der Waals surface area contributed by atoms with Crippen LogP contribution in [0.3, 0.4) is 0 Å². The fraction of sp³-hybridized carbons (Fsp3) is 0.571. The second-order valence-electron chi connectivity index (χ2n) is 4.93. The molecule has 1 aromatic rings. The summed E-state index contributed by atoms with van der Waals surface area (Å²) in [5.74, 6) is 0.177. The summed E-state index contributed by atoms with van der Waals surface area (Å²) in [6.07, 6.45) is 2.50. The van der Waals surface area contributed by atoms with Crippen molar-refractivity contribution >= 4 is 26.0 Å². The van der Waals surface area contributed by atoms with Gasteiger partial charge in [-0.3, -0.25) is 0 Å². The molecule has 0 amide bonds. The summed E-state index contributed by atoms with van der Waals surface area (Å²) in [4.78, 5) is 0.275. The van der Waals surface area contributed by atoms with Gasteiger partial charge in [0, 0.05) is 17.6 Å². The van der Waals surface area contributed by atoms with Crippen LogP contribution < -0.4 is 4.72 Å². The molecule has 0 fully saturated rings. The molecular weight excluding hydrogens is 342 g/mol. The minimum absolute atomic E-state index is 0.0871. The second-order valence-corrected chi connectivity index (χ2v) is 7.55. The molecule has 0 heterocycles. The van der Waals surface area contributed by atoms with Crippen LogP contribution in [0.5, 0.6) is 0 Å². The smallest absolute Gasteiger partial charge is 0.240 e. The van der Waals surface area contributed by atoms with E-state index in [2.05, 4.69) is 27.6 Å². The monoisotopic (exact) mass is 363 g/mol. The van der Waals surface area contributed by atoms with Crippen LogP contribution in [0.4, 0.5) is 0 Å². The normalized spacial score (nSPS) is 13.4. The zero-order chi connectivity index (χ0) is 15.2. The second kappa shape index (κ2) is 8.12. The van der Waals surface area contributed by atoms with Crippen molar-refractivity contribution in [1.29, 1.82) is 0 Å². The third-order valence-corrected chi connectivity index (χ3v) is 5.55. The van der Waals surface area contributed by atoms with E-state index in [1.165, 1.54) is 0 Å². The van der Waals surface area contributed by atoms with Gasteiger partial charge in [-0.25, -0.2) is 13.1 Å². The lowest BCUT2D eigenvalue weighted by molar-refractivity contribution is 0.251. The molecule has 0 aliphatic carbocycles. The molecule has 114 valence electrons. The fourth-order valence-electron chi connectivity index (χ4n) is 2.03. The lowest BCUT2D eigenvalue weighted by Crippen LogP contribution is -2.30. The van der Waals surface area contributed by atoms with Gasteiger partial charge in [0.15, 0.2) is 0 Å². The van der Waals surface area contributed by atoms with Gasteiger partial charge in [0.05, 0.1) is 4.90 Å². The van der Waals surface area contributed by atoms with Crippen LogP contribution in [0, 0.1) is 12.8 Å². The number of halogens is 1. The summed E-state index contributed by atoms with van der Waals surface area (Å²) in [5, 5.41) is 8.99. The number of aliphatic hydroxyl groups is 1. The number of benzene rings is 1. The molecule has 1 atom stereocenters. The van der Waals surface area contributed by atoms with Crippen LogP contribution in [0.1, 0.15) is 31.7 Å². The van der Waals surface area contributed by atoms with Gasteiger partial charge in [0.2, 0.25) is 10.0 Å². The lowest BCUT2D eigenvalue weighted by atomic mass is 10.0. The molecule has 0 radical (unpaired) electrons. The van der Waals surface area contributed by atoms with Gasteiger partial charge < -0.3 is 5.11 Å². The molecule has 0 bridgehead atoms. The van der Waals surface area contributed by atoms with Crippen molar-refractivity contribution in [3.8, 4) is 0 Å². The Hall–Kier alpha value is -0.430. The Morgan fingerprint density at radius 3 is 2.60 bits per heavy atom. The summed E-state index contributed by atoms with van der Waals surface area (Å²) < 4.78 is 28.0. The van der Waals surface area contributed by atoms with E-state index in [1.54, 1.807) is 18.2 Å². The maximum atomic E-state index is 12.2. The summed E-state index contributed by atoms with van der Waals surface area (Å²) in [5.41, 5.74) is 0.883. The summed E-state index contributed by atoms with van der Waals surface area (Å²) >= 11 is 3.36. The average Bonchev–Trinajstić information content (AvgIpc) is 2.39. The summed E-state index contributed by atoms with van der Waals surface area (Å²) in [6, 6.07) is 4.97. The molecule has 6 heteroatoms. The largest absolute Gasteiger partial charge is 0.396 e. The van der Waals surface area contributed by atoms with Gasteiger partial charge in [0.25, 0.3) is 0 Å². The number of rotatable bonds is 8. The zero-order valence-electron chi connectivity index (χ0n) is 11.9. The van der Waals surface area contributed by atoms with Gasteiger partial charge in [-0.05, 0) is 49.4 Å². The predicted octanol–water partition coefficient (Wildman–Crippen LogP) is 2.83. The summed E-state index contributed by atoms with van der Waals surface area (Å²) in [6.45, 7) is 4.36. The first-order chi connectivity index (χ1) is 9.40. The minimum atomic E-state index is -3.48. The number of hydrogen-bond acceptors (Lipinski definition) is 3. The number of sulfonamides is 1. The highest BCUT2D eigenvalue weighted by atomic mass is 79.9. The van der Waals surface area contributed by atoms with Crippen LogP contribution in [0.15, 0.2) is 27.6 Å². The van der Waals surface area contributed by atoms with Crippen LogP contribution in [-0.4, -0.2) is 26.7 Å². The number of nitrogens with one attached hydrogen (secondary N) is 1. The maximum absolute atomic E-state index is 12.2. The Balaban J connectivity index is 2.75. The van der Waals surface area contributed by atoms with Gasteiger partial charge in [0.1, 0.15) is 0 Å². The SMILES string of the molecule is CCCC(CCO)CNS(=O)(=O)c1ccc(Br)c(C)c1. The van der Waals surface area contributed by atoms with E-state index in [9.17, 15) is 8.42 Å². The first-order valence-corrected chi connectivity index (χ1v) is 9.05. The van der Waals surface area contributed by atoms with Gasteiger partial charge in [-0.15, -0.1) is 0 Å². The van der Waals surface area contributed by atoms with Gasteiger partial charge >= 0.3 is 0 Å². The lowest BCUT2D eigenvalue weighted by Gasteiger charge is -2.16. The Morgan fingerprint density at radius 1 is 1.35 bits per heavy atom. The van der Waals surface area contributed by atoms with Crippen molar-refractivity contribution in [2.75, 3.05) is 13.2 Å². The van der Waals surface area contributed by atoms with E-state index < -0.39 is 10.0 Å². The predicted molar refractivity (Wildman–Crippen MR) is 84.2 cm³/mol. The van der Waals surface area contributed by atoms with Crippen LogP contribution in [-0.2, 0) is 10.0 Å². The maximum Gasteiger partial charge on any atom is 0.240 e. The van der Waals surface area contributed by atoms with Crippen molar-refractivity contribution in [3.63, 3.8) is 0 Å². The highest BCUT2D eigenvalue weighted by molar-refractivity contribution is 9.10. The van der Waals surface area contributed by atoms with Crippen molar-refractivity contribution in [3.05, 3.63) is 28.2 Å². The number of aliphatic hydroxyl groups excluding tert-OH is 1. The molecule has 0 saturated heterocycles. The van der Waals surface area contributed by atoms with Crippen molar-refractivity contribution in [2.45, 2.75) is 38.0 Å². The van der Waals surface area contributed by atoms with Crippen LogP contribution in [0.25, 0.3) is 0 Å². The van der Waals surface area contributed by atoms with Gasteiger partial charge in [-0.1, -0.05) is 29.3 Å². The van der Waals surface area contributed by atoms with Crippen LogP contribution in [0.2, 0.25) is 0 Å². The van der Waals surface area contributed by atoms with E-state index >= 15 is 0 Å². The van der Waals surface area contributed by atoms with Crippen LogP contribution >= 0.6 is 15.9 Å². The molecule has 0 aromatic heterocycles.